The maximum absolute atomic E-state index is 13.3. The first-order chi connectivity index (χ1) is 18.2. The van der Waals surface area contributed by atoms with Crippen molar-refractivity contribution in [2.45, 2.75) is 31.1 Å². The van der Waals surface area contributed by atoms with E-state index >= 15 is 0 Å². The van der Waals surface area contributed by atoms with Crippen LogP contribution in [0.3, 0.4) is 0 Å². The molecule has 0 amide bonds. The van der Waals surface area contributed by atoms with Crippen LogP contribution in [0.1, 0.15) is 18.4 Å². The molecule has 1 saturated carbocycles. The zero-order valence-electron chi connectivity index (χ0n) is 20.4. The fourth-order valence-electron chi connectivity index (χ4n) is 5.29. The van der Waals surface area contributed by atoms with Crippen LogP contribution < -0.4 is 5.56 Å². The number of benzene rings is 3. The highest BCUT2D eigenvalue weighted by molar-refractivity contribution is 7.92. The number of sulfone groups is 1. The lowest BCUT2D eigenvalue weighted by atomic mass is 9.96. The summed E-state index contributed by atoms with van der Waals surface area (Å²) in [5, 5.41) is 18.0. The Morgan fingerprint density at radius 2 is 1.63 bits per heavy atom. The smallest absolute Gasteiger partial charge is 0.308 e. The van der Waals surface area contributed by atoms with E-state index in [1.807, 2.05) is 48.5 Å². The van der Waals surface area contributed by atoms with Gasteiger partial charge in [0.25, 0.3) is 5.56 Å². The van der Waals surface area contributed by atoms with Gasteiger partial charge in [-0.15, -0.1) is 5.10 Å². The fraction of sp³-hybridized carbons (Fsp3) is 0.286. The number of nitrogens with zero attached hydrogens (tertiary/aromatic N) is 3. The lowest BCUT2D eigenvalue weighted by Gasteiger charge is -2.21. The molecule has 38 heavy (non-hydrogen) atoms. The molecule has 0 saturated heterocycles. The number of hydrogen-bond acceptors (Lipinski definition) is 6. The van der Waals surface area contributed by atoms with Gasteiger partial charge < -0.3 is 5.11 Å². The van der Waals surface area contributed by atoms with Crippen molar-refractivity contribution in [1.29, 1.82) is 0 Å². The van der Waals surface area contributed by atoms with Crippen molar-refractivity contribution >= 4 is 38.3 Å². The molecule has 0 radical (unpaired) electrons. The van der Waals surface area contributed by atoms with Crippen LogP contribution >= 0.6 is 11.6 Å². The Balaban J connectivity index is 1.28. The number of aromatic nitrogens is 3. The largest absolute Gasteiger partial charge is 0.481 e. The number of fused-ring (bicyclic) bond motifs is 1. The molecule has 1 N–H and O–H groups in total. The van der Waals surface area contributed by atoms with Crippen LogP contribution in [0, 0.1) is 11.8 Å². The molecular weight excluding hydrogens is 526 g/mol. The molecular formula is C28H26ClN3O5S. The molecule has 196 valence electrons. The van der Waals surface area contributed by atoms with Crippen molar-refractivity contribution in [3.63, 3.8) is 0 Å². The predicted octanol–water partition coefficient (Wildman–Crippen LogP) is 4.25. The van der Waals surface area contributed by atoms with Crippen LogP contribution in [0.15, 0.2) is 77.6 Å². The van der Waals surface area contributed by atoms with Gasteiger partial charge in [0.1, 0.15) is 5.52 Å². The van der Waals surface area contributed by atoms with Crippen molar-refractivity contribution in [3.8, 4) is 11.1 Å². The first kappa shape index (κ1) is 26.1. The lowest BCUT2D eigenvalue weighted by molar-refractivity contribution is -0.143. The second kappa shape index (κ2) is 10.7. The van der Waals surface area contributed by atoms with Gasteiger partial charge in [-0.2, -0.15) is 0 Å². The number of carbonyl (C=O) groups is 1. The number of carboxylic acid groups (broad SMARTS) is 1. The highest BCUT2D eigenvalue weighted by Crippen LogP contribution is 2.38. The molecule has 8 nitrogen and oxygen atoms in total. The molecule has 0 unspecified atom stereocenters. The zero-order chi connectivity index (χ0) is 26.9. The molecule has 5 rings (SSSR count). The Hall–Kier alpha value is -3.56. The van der Waals surface area contributed by atoms with E-state index in [1.54, 1.807) is 24.3 Å². The van der Waals surface area contributed by atoms with Gasteiger partial charge in [0.2, 0.25) is 0 Å². The highest BCUT2D eigenvalue weighted by atomic mass is 35.5. The maximum atomic E-state index is 13.3. The standard InChI is InChI=1S/C28H26ClN3O5S/c29-22-12-9-20(10-13-22)19-7-5-18(6-8-19)15-16-38(36,37)25-14-11-21(26(25)28(34)35)17-32-27(33)23-3-1-2-4-24(23)30-31-32/h1-10,12-13,21,25-26H,11,14-17H2,(H,34,35)/t21-,25-,26-/m1/s1. The topological polar surface area (TPSA) is 119 Å². The minimum atomic E-state index is -3.71. The maximum Gasteiger partial charge on any atom is 0.308 e. The molecule has 1 fully saturated rings. The van der Waals surface area contributed by atoms with E-state index in [0.717, 1.165) is 21.4 Å². The van der Waals surface area contributed by atoms with Crippen LogP contribution in [0.5, 0.6) is 0 Å². The highest BCUT2D eigenvalue weighted by Gasteiger charge is 2.47. The van der Waals surface area contributed by atoms with Crippen LogP contribution in [0.4, 0.5) is 0 Å². The summed E-state index contributed by atoms with van der Waals surface area (Å²) in [4.78, 5) is 25.1. The molecule has 1 aliphatic rings. The summed E-state index contributed by atoms with van der Waals surface area (Å²) in [6.45, 7) is 0.00577. The van der Waals surface area contributed by atoms with E-state index in [-0.39, 0.29) is 30.7 Å². The SMILES string of the molecule is O=C(O)[C@@H]1[C@@H](Cn2nnc3ccccc3c2=O)CC[C@H]1S(=O)(=O)CCc1ccc(-c2ccc(Cl)cc2)cc1. The van der Waals surface area contributed by atoms with Crippen molar-refractivity contribution in [2.24, 2.45) is 11.8 Å². The summed E-state index contributed by atoms with van der Waals surface area (Å²) < 4.78 is 27.8. The number of halogens is 1. The monoisotopic (exact) mass is 551 g/mol. The Morgan fingerprint density at radius 1 is 0.974 bits per heavy atom. The van der Waals surface area contributed by atoms with Crippen molar-refractivity contribution in [1.82, 2.24) is 15.0 Å². The first-order valence-corrected chi connectivity index (χ1v) is 14.4. The van der Waals surface area contributed by atoms with Gasteiger partial charge in [-0.1, -0.05) is 65.3 Å². The summed E-state index contributed by atoms with van der Waals surface area (Å²) in [5.74, 6) is -2.98. The van der Waals surface area contributed by atoms with Crippen LogP contribution in [-0.2, 0) is 27.6 Å². The minimum Gasteiger partial charge on any atom is -0.481 e. The molecule has 1 aliphatic carbocycles. The van der Waals surface area contributed by atoms with Crippen molar-refractivity contribution in [3.05, 3.63) is 93.7 Å². The van der Waals surface area contributed by atoms with E-state index in [0.29, 0.717) is 22.3 Å². The predicted molar refractivity (Wildman–Crippen MR) is 146 cm³/mol. The number of carboxylic acids is 1. The first-order valence-electron chi connectivity index (χ1n) is 12.3. The molecule has 3 atom stereocenters. The molecule has 0 bridgehead atoms. The summed E-state index contributed by atoms with van der Waals surface area (Å²) in [7, 11) is -3.71. The average Bonchev–Trinajstić information content (AvgIpc) is 3.35. The molecule has 1 heterocycles. The van der Waals surface area contributed by atoms with Gasteiger partial charge in [-0.05, 0) is 66.1 Å². The molecule has 0 aliphatic heterocycles. The van der Waals surface area contributed by atoms with Gasteiger partial charge in [0.05, 0.1) is 28.9 Å². The van der Waals surface area contributed by atoms with Crippen LogP contribution in [0.25, 0.3) is 22.0 Å². The summed E-state index contributed by atoms with van der Waals surface area (Å²) in [6, 6.07) is 21.9. The average molecular weight is 552 g/mol. The molecule has 4 aromatic rings. The van der Waals surface area contributed by atoms with E-state index in [4.69, 9.17) is 11.6 Å². The van der Waals surface area contributed by atoms with Crippen molar-refractivity contribution in [2.75, 3.05) is 5.75 Å². The van der Waals surface area contributed by atoms with E-state index in [2.05, 4.69) is 10.3 Å². The van der Waals surface area contributed by atoms with Crippen molar-refractivity contribution < 1.29 is 18.3 Å². The Bertz CT molecular complexity index is 1640. The summed E-state index contributed by atoms with van der Waals surface area (Å²) in [6.07, 6.45) is 0.888. The van der Waals surface area contributed by atoms with Crippen LogP contribution in [0.2, 0.25) is 5.02 Å². The Labute approximate surface area is 224 Å². The van der Waals surface area contributed by atoms with Gasteiger partial charge in [0.15, 0.2) is 9.84 Å². The van der Waals surface area contributed by atoms with Gasteiger partial charge in [-0.3, -0.25) is 9.59 Å². The zero-order valence-corrected chi connectivity index (χ0v) is 22.0. The van der Waals surface area contributed by atoms with E-state index in [1.165, 1.54) is 0 Å². The third-order valence-electron chi connectivity index (χ3n) is 7.32. The second-order valence-corrected chi connectivity index (χ2v) is 12.4. The van der Waals surface area contributed by atoms with Gasteiger partial charge >= 0.3 is 5.97 Å². The van der Waals surface area contributed by atoms with E-state index in [9.17, 15) is 23.1 Å². The minimum absolute atomic E-state index is 0.00577. The molecule has 10 heteroatoms. The molecule has 1 aromatic heterocycles. The van der Waals surface area contributed by atoms with Crippen LogP contribution in [-0.4, -0.2) is 45.5 Å². The Kier molecular flexibility index (Phi) is 7.32. The Morgan fingerprint density at radius 3 is 2.32 bits per heavy atom. The number of hydrogen-bond donors (Lipinski definition) is 1. The summed E-state index contributed by atoms with van der Waals surface area (Å²) >= 11 is 5.95. The third-order valence-corrected chi connectivity index (χ3v) is 9.80. The van der Waals surface area contributed by atoms with E-state index < -0.39 is 32.9 Å². The third kappa shape index (κ3) is 5.35. The normalized spacial score (nSPS) is 19.6. The fourth-order valence-corrected chi connectivity index (χ4v) is 7.52. The number of aryl methyl sites for hydroxylation is 1. The second-order valence-electron chi connectivity index (χ2n) is 9.65. The number of rotatable bonds is 8. The van der Waals surface area contributed by atoms with Gasteiger partial charge in [0, 0.05) is 5.02 Å². The quantitative estimate of drug-likeness (QED) is 0.347. The molecule has 3 aromatic carbocycles. The number of aliphatic carboxylic acids is 1. The molecule has 0 spiro atoms. The van der Waals surface area contributed by atoms with Gasteiger partial charge in [-0.25, -0.2) is 13.1 Å². The summed E-state index contributed by atoms with van der Waals surface area (Å²) in [5.41, 5.74) is 2.94. The lowest BCUT2D eigenvalue weighted by Crippen LogP contribution is -2.38.